The van der Waals surface area contributed by atoms with E-state index in [1.54, 1.807) is 0 Å². The van der Waals surface area contributed by atoms with Crippen molar-refractivity contribution >= 4 is 11.8 Å². The van der Waals surface area contributed by atoms with Gasteiger partial charge in [-0.3, -0.25) is 0 Å². The molecule has 2 aromatic rings. The number of hydrogen-bond donors (Lipinski definition) is 2. The summed E-state index contributed by atoms with van der Waals surface area (Å²) in [4.78, 5) is 14.9. The van der Waals surface area contributed by atoms with Gasteiger partial charge in [0, 0.05) is 11.8 Å². The number of carboxylic acids is 1. The van der Waals surface area contributed by atoms with E-state index in [0.29, 0.717) is 0 Å². The third-order valence-corrected chi connectivity index (χ3v) is 2.71. The van der Waals surface area contributed by atoms with Gasteiger partial charge in [0.25, 0.3) is 0 Å². The molecule has 1 aromatic carbocycles. The number of halogens is 3. The van der Waals surface area contributed by atoms with Gasteiger partial charge in [-0.1, -0.05) is 12.1 Å². The normalized spacial score (nSPS) is 11.3. The number of pyridine rings is 1. The van der Waals surface area contributed by atoms with E-state index in [1.807, 2.05) is 0 Å². The smallest absolute Gasteiger partial charge is 0.416 e. The van der Waals surface area contributed by atoms with Gasteiger partial charge in [0.1, 0.15) is 5.82 Å². The molecule has 1 aromatic heterocycles. The lowest BCUT2D eigenvalue weighted by Crippen LogP contribution is -2.06. The number of rotatable bonds is 2. The SMILES string of the molecule is Nc1nccc(C(=O)O)c1-c1ccc(C(F)(F)F)cc1. The molecule has 0 unspecified atom stereocenters. The third kappa shape index (κ3) is 2.56. The molecule has 0 saturated heterocycles. The summed E-state index contributed by atoms with van der Waals surface area (Å²) in [5, 5.41) is 9.07. The second kappa shape index (κ2) is 4.84. The second-order valence-corrected chi connectivity index (χ2v) is 4.00. The molecule has 0 amide bonds. The first-order chi connectivity index (χ1) is 9.30. The lowest BCUT2D eigenvalue weighted by Gasteiger charge is -2.11. The number of carboxylic acid groups (broad SMARTS) is 1. The highest BCUT2D eigenvalue weighted by Crippen LogP contribution is 2.33. The van der Waals surface area contributed by atoms with E-state index in [-0.39, 0.29) is 22.5 Å². The Bertz CT molecular complexity index is 652. The van der Waals surface area contributed by atoms with Crippen molar-refractivity contribution in [1.29, 1.82) is 0 Å². The highest BCUT2D eigenvalue weighted by molar-refractivity contribution is 5.98. The van der Waals surface area contributed by atoms with Crippen LogP contribution in [0.1, 0.15) is 15.9 Å². The minimum Gasteiger partial charge on any atom is -0.478 e. The van der Waals surface area contributed by atoms with Crippen LogP contribution in [0.5, 0.6) is 0 Å². The first-order valence-corrected chi connectivity index (χ1v) is 5.46. The van der Waals surface area contributed by atoms with Gasteiger partial charge in [-0.2, -0.15) is 13.2 Å². The molecule has 0 radical (unpaired) electrons. The van der Waals surface area contributed by atoms with Crippen LogP contribution < -0.4 is 5.73 Å². The summed E-state index contributed by atoms with van der Waals surface area (Å²) in [6.45, 7) is 0. The number of alkyl halides is 3. The molecule has 0 saturated carbocycles. The average molecular weight is 282 g/mol. The number of aromatic carboxylic acids is 1. The van der Waals surface area contributed by atoms with Crippen molar-refractivity contribution in [2.24, 2.45) is 0 Å². The summed E-state index contributed by atoms with van der Waals surface area (Å²) >= 11 is 0. The summed E-state index contributed by atoms with van der Waals surface area (Å²) in [6, 6.07) is 5.32. The third-order valence-electron chi connectivity index (χ3n) is 2.71. The molecule has 0 atom stereocenters. The number of aromatic nitrogens is 1. The number of hydrogen-bond acceptors (Lipinski definition) is 3. The van der Waals surface area contributed by atoms with E-state index in [0.717, 1.165) is 12.1 Å². The molecular formula is C13H9F3N2O2. The number of nitrogen functional groups attached to an aromatic ring is 1. The standard InChI is InChI=1S/C13H9F3N2O2/c14-13(15,16)8-3-1-7(2-4-8)10-9(12(19)20)5-6-18-11(10)17/h1-6H,(H2,17,18)(H,19,20). The summed E-state index contributed by atoms with van der Waals surface area (Å²) in [5.74, 6) is -1.28. The first kappa shape index (κ1) is 13.9. The lowest BCUT2D eigenvalue weighted by molar-refractivity contribution is -0.137. The molecule has 0 bridgehead atoms. The Morgan fingerprint density at radius 2 is 1.75 bits per heavy atom. The quantitative estimate of drug-likeness (QED) is 0.887. The molecule has 20 heavy (non-hydrogen) atoms. The Balaban J connectivity index is 2.55. The number of anilines is 1. The zero-order chi connectivity index (χ0) is 14.9. The van der Waals surface area contributed by atoms with Crippen LogP contribution in [-0.2, 0) is 6.18 Å². The molecule has 7 heteroatoms. The van der Waals surface area contributed by atoms with Gasteiger partial charge < -0.3 is 10.8 Å². The molecule has 2 rings (SSSR count). The van der Waals surface area contributed by atoms with Gasteiger partial charge in [-0.15, -0.1) is 0 Å². The first-order valence-electron chi connectivity index (χ1n) is 5.46. The maximum atomic E-state index is 12.5. The summed E-state index contributed by atoms with van der Waals surface area (Å²) in [7, 11) is 0. The predicted octanol–water partition coefficient (Wildman–Crippen LogP) is 3.05. The van der Waals surface area contributed by atoms with Crippen LogP contribution >= 0.6 is 0 Å². The fourth-order valence-electron chi connectivity index (χ4n) is 1.79. The highest BCUT2D eigenvalue weighted by Gasteiger charge is 2.30. The van der Waals surface area contributed by atoms with Crippen molar-refractivity contribution in [3.05, 3.63) is 47.7 Å². The summed E-state index contributed by atoms with van der Waals surface area (Å²) in [6.07, 6.45) is -3.22. The topological polar surface area (TPSA) is 76.2 Å². The van der Waals surface area contributed by atoms with E-state index in [2.05, 4.69) is 4.98 Å². The van der Waals surface area contributed by atoms with E-state index >= 15 is 0 Å². The van der Waals surface area contributed by atoms with Gasteiger partial charge in [-0.25, -0.2) is 9.78 Å². The molecule has 0 aliphatic rings. The van der Waals surface area contributed by atoms with Gasteiger partial charge in [-0.05, 0) is 23.8 Å². The zero-order valence-electron chi connectivity index (χ0n) is 9.98. The van der Waals surface area contributed by atoms with Crippen LogP contribution in [0.15, 0.2) is 36.5 Å². The Kier molecular flexibility index (Phi) is 3.35. The van der Waals surface area contributed by atoms with Crippen molar-refractivity contribution < 1.29 is 23.1 Å². The van der Waals surface area contributed by atoms with Crippen LogP contribution in [0.4, 0.5) is 19.0 Å². The minimum absolute atomic E-state index is 0.0512. The Hall–Kier alpha value is -2.57. The maximum Gasteiger partial charge on any atom is 0.416 e. The monoisotopic (exact) mass is 282 g/mol. The molecule has 0 spiro atoms. The molecule has 4 nitrogen and oxygen atoms in total. The van der Waals surface area contributed by atoms with Crippen LogP contribution in [0.2, 0.25) is 0 Å². The number of nitrogens with two attached hydrogens (primary N) is 1. The molecule has 3 N–H and O–H groups in total. The molecule has 104 valence electrons. The lowest BCUT2D eigenvalue weighted by atomic mass is 9.99. The van der Waals surface area contributed by atoms with Crippen LogP contribution in [0.25, 0.3) is 11.1 Å². The Morgan fingerprint density at radius 1 is 1.15 bits per heavy atom. The van der Waals surface area contributed by atoms with Crippen molar-refractivity contribution in [3.63, 3.8) is 0 Å². The zero-order valence-corrected chi connectivity index (χ0v) is 9.98. The van der Waals surface area contributed by atoms with Gasteiger partial charge in [0.15, 0.2) is 0 Å². The maximum absolute atomic E-state index is 12.5. The van der Waals surface area contributed by atoms with Crippen molar-refractivity contribution in [2.45, 2.75) is 6.18 Å². The largest absolute Gasteiger partial charge is 0.478 e. The number of nitrogens with zero attached hydrogens (tertiary/aromatic N) is 1. The van der Waals surface area contributed by atoms with E-state index in [9.17, 15) is 18.0 Å². The molecule has 1 heterocycles. The Labute approximate surface area is 111 Å². The fourth-order valence-corrected chi connectivity index (χ4v) is 1.79. The second-order valence-electron chi connectivity index (χ2n) is 4.00. The van der Waals surface area contributed by atoms with Crippen molar-refractivity contribution in [3.8, 4) is 11.1 Å². The van der Waals surface area contributed by atoms with Crippen molar-refractivity contribution in [1.82, 2.24) is 4.98 Å². The molecular weight excluding hydrogens is 273 g/mol. The Morgan fingerprint density at radius 3 is 2.25 bits per heavy atom. The van der Waals surface area contributed by atoms with Crippen LogP contribution in [0, 0.1) is 0 Å². The number of benzene rings is 1. The average Bonchev–Trinajstić information content (AvgIpc) is 2.37. The molecule has 0 aliphatic carbocycles. The van der Waals surface area contributed by atoms with Gasteiger partial charge in [0.2, 0.25) is 0 Å². The minimum atomic E-state index is -4.45. The van der Waals surface area contributed by atoms with Gasteiger partial charge in [0.05, 0.1) is 11.1 Å². The van der Waals surface area contributed by atoms with Gasteiger partial charge >= 0.3 is 12.1 Å². The summed E-state index contributed by atoms with van der Waals surface area (Å²) in [5.41, 5.74) is 5.06. The van der Waals surface area contributed by atoms with Crippen molar-refractivity contribution in [2.75, 3.05) is 5.73 Å². The van der Waals surface area contributed by atoms with E-state index < -0.39 is 17.7 Å². The molecule has 0 fully saturated rings. The van der Waals surface area contributed by atoms with Crippen LogP contribution in [0.3, 0.4) is 0 Å². The highest BCUT2D eigenvalue weighted by atomic mass is 19.4. The fraction of sp³-hybridized carbons (Fsp3) is 0.0769. The summed E-state index contributed by atoms with van der Waals surface area (Å²) < 4.78 is 37.4. The van der Waals surface area contributed by atoms with E-state index in [1.165, 1.54) is 24.4 Å². The predicted molar refractivity (Wildman–Crippen MR) is 66.0 cm³/mol. The van der Waals surface area contributed by atoms with Crippen LogP contribution in [-0.4, -0.2) is 16.1 Å². The number of carbonyl (C=O) groups is 1. The van der Waals surface area contributed by atoms with E-state index in [4.69, 9.17) is 10.8 Å². The molecule has 0 aliphatic heterocycles.